The van der Waals surface area contributed by atoms with Crippen molar-refractivity contribution in [3.8, 4) is 11.5 Å². The highest BCUT2D eigenvalue weighted by molar-refractivity contribution is 5.90. The minimum absolute atomic E-state index is 0.134. The number of hydrogen-bond acceptors (Lipinski definition) is 3. The molecule has 0 saturated carbocycles. The van der Waals surface area contributed by atoms with Gasteiger partial charge in [-0.05, 0) is 24.6 Å². The number of aryl methyl sites for hydroxylation is 1. The zero-order valence-electron chi connectivity index (χ0n) is 11.6. The van der Waals surface area contributed by atoms with Crippen LogP contribution >= 0.6 is 0 Å². The van der Waals surface area contributed by atoms with Crippen LogP contribution in [0.15, 0.2) is 42.5 Å². The van der Waals surface area contributed by atoms with E-state index in [1.165, 1.54) is 6.92 Å². The maximum absolute atomic E-state index is 11.2. The predicted octanol–water partition coefficient (Wildman–Crippen LogP) is 3.20. The molecule has 0 fully saturated rings. The Hall–Kier alpha value is -2.33. The number of para-hydroxylation sites is 3. The number of ether oxygens (including phenoxy) is 1. The van der Waals surface area contributed by atoms with Gasteiger partial charge in [0.05, 0.1) is 5.69 Å². The Morgan fingerprint density at radius 1 is 1.20 bits per heavy atom. The van der Waals surface area contributed by atoms with Crippen molar-refractivity contribution in [2.75, 3.05) is 5.32 Å². The zero-order chi connectivity index (χ0) is 14.5. The molecule has 0 heterocycles. The van der Waals surface area contributed by atoms with E-state index in [-0.39, 0.29) is 5.91 Å². The van der Waals surface area contributed by atoms with Gasteiger partial charge in [0.25, 0.3) is 0 Å². The van der Waals surface area contributed by atoms with Gasteiger partial charge in [0.2, 0.25) is 5.91 Å². The minimum Gasteiger partial charge on any atom is -0.455 e. The van der Waals surface area contributed by atoms with Crippen molar-refractivity contribution in [2.24, 2.45) is 5.73 Å². The summed E-state index contributed by atoms with van der Waals surface area (Å²) in [5, 5.41) is 2.76. The molecule has 0 aliphatic carbocycles. The van der Waals surface area contributed by atoms with E-state index in [0.717, 1.165) is 16.9 Å². The summed E-state index contributed by atoms with van der Waals surface area (Å²) in [6.07, 6.45) is 0. The number of anilines is 1. The number of amides is 1. The van der Waals surface area contributed by atoms with Gasteiger partial charge in [-0.1, -0.05) is 30.3 Å². The molecule has 2 rings (SSSR count). The third kappa shape index (κ3) is 3.16. The normalized spacial score (nSPS) is 10.2. The molecule has 1 amide bonds. The Morgan fingerprint density at radius 2 is 1.95 bits per heavy atom. The molecule has 0 aromatic heterocycles. The molecule has 0 aliphatic rings. The van der Waals surface area contributed by atoms with Crippen molar-refractivity contribution < 1.29 is 9.53 Å². The second kappa shape index (κ2) is 6.21. The van der Waals surface area contributed by atoms with Crippen LogP contribution < -0.4 is 15.8 Å². The first-order valence-corrected chi connectivity index (χ1v) is 6.45. The lowest BCUT2D eigenvalue weighted by Crippen LogP contribution is -2.07. The summed E-state index contributed by atoms with van der Waals surface area (Å²) in [7, 11) is 0. The first kappa shape index (κ1) is 14.1. The van der Waals surface area contributed by atoms with Crippen LogP contribution in [-0.4, -0.2) is 5.91 Å². The lowest BCUT2D eigenvalue weighted by atomic mass is 10.1. The predicted molar refractivity (Wildman–Crippen MR) is 79.9 cm³/mol. The summed E-state index contributed by atoms with van der Waals surface area (Å²) in [6.45, 7) is 3.84. The Morgan fingerprint density at radius 3 is 2.65 bits per heavy atom. The van der Waals surface area contributed by atoms with Crippen molar-refractivity contribution >= 4 is 11.6 Å². The van der Waals surface area contributed by atoms with E-state index in [1.54, 1.807) is 6.07 Å². The number of carbonyl (C=O) groups is 1. The average Bonchev–Trinajstić information content (AvgIpc) is 2.42. The molecule has 3 N–H and O–H groups in total. The van der Waals surface area contributed by atoms with Crippen molar-refractivity contribution in [2.45, 2.75) is 20.4 Å². The summed E-state index contributed by atoms with van der Waals surface area (Å²) in [5.74, 6) is 1.21. The molecule has 0 saturated heterocycles. The van der Waals surface area contributed by atoms with Crippen LogP contribution in [0, 0.1) is 6.92 Å². The van der Waals surface area contributed by atoms with Gasteiger partial charge in [-0.15, -0.1) is 0 Å². The van der Waals surface area contributed by atoms with Crippen molar-refractivity contribution in [3.05, 3.63) is 53.6 Å². The lowest BCUT2D eigenvalue weighted by molar-refractivity contribution is -0.114. The Bertz CT molecular complexity index is 624. The summed E-state index contributed by atoms with van der Waals surface area (Å²) >= 11 is 0. The fourth-order valence-electron chi connectivity index (χ4n) is 1.98. The summed E-state index contributed by atoms with van der Waals surface area (Å²) in [4.78, 5) is 11.2. The van der Waals surface area contributed by atoms with Crippen LogP contribution in [0.1, 0.15) is 18.1 Å². The quantitative estimate of drug-likeness (QED) is 0.896. The van der Waals surface area contributed by atoms with Gasteiger partial charge in [0.1, 0.15) is 5.75 Å². The van der Waals surface area contributed by atoms with E-state index in [4.69, 9.17) is 10.5 Å². The largest absolute Gasteiger partial charge is 0.455 e. The summed E-state index contributed by atoms with van der Waals surface area (Å²) in [5.41, 5.74) is 8.33. The summed E-state index contributed by atoms with van der Waals surface area (Å²) in [6, 6.07) is 13.2. The first-order valence-electron chi connectivity index (χ1n) is 6.45. The third-order valence-electron chi connectivity index (χ3n) is 2.92. The van der Waals surface area contributed by atoms with E-state index >= 15 is 0 Å². The molecule has 0 unspecified atom stereocenters. The molecule has 0 aliphatic heterocycles. The SMILES string of the molecule is CC(=O)Nc1ccccc1Oc1c(C)cccc1CN. The molecule has 104 valence electrons. The second-order valence-electron chi connectivity index (χ2n) is 4.55. The van der Waals surface area contributed by atoms with Gasteiger partial charge in [-0.2, -0.15) is 0 Å². The van der Waals surface area contributed by atoms with Gasteiger partial charge in [-0.25, -0.2) is 0 Å². The molecule has 20 heavy (non-hydrogen) atoms. The van der Waals surface area contributed by atoms with Crippen LogP contribution in [-0.2, 0) is 11.3 Å². The molecule has 0 bridgehead atoms. The highest BCUT2D eigenvalue weighted by atomic mass is 16.5. The molecule has 4 nitrogen and oxygen atoms in total. The maximum atomic E-state index is 11.2. The van der Waals surface area contributed by atoms with Gasteiger partial charge in [0.15, 0.2) is 5.75 Å². The smallest absolute Gasteiger partial charge is 0.221 e. The highest BCUT2D eigenvalue weighted by Gasteiger charge is 2.10. The number of nitrogens with one attached hydrogen (secondary N) is 1. The fraction of sp³-hybridized carbons (Fsp3) is 0.188. The minimum atomic E-state index is -0.134. The van der Waals surface area contributed by atoms with E-state index < -0.39 is 0 Å². The van der Waals surface area contributed by atoms with Crippen LogP contribution in [0.5, 0.6) is 11.5 Å². The van der Waals surface area contributed by atoms with E-state index in [2.05, 4.69) is 5.32 Å². The van der Waals surface area contributed by atoms with Gasteiger partial charge in [-0.3, -0.25) is 4.79 Å². The number of benzene rings is 2. The van der Waals surface area contributed by atoms with Crippen LogP contribution in [0.25, 0.3) is 0 Å². The number of rotatable bonds is 4. The third-order valence-corrected chi connectivity index (χ3v) is 2.92. The van der Waals surface area contributed by atoms with Gasteiger partial charge < -0.3 is 15.8 Å². The molecular formula is C16H18N2O2. The Labute approximate surface area is 118 Å². The molecule has 0 atom stereocenters. The number of hydrogen-bond donors (Lipinski definition) is 2. The number of nitrogens with two attached hydrogens (primary N) is 1. The molecular weight excluding hydrogens is 252 g/mol. The van der Waals surface area contributed by atoms with Gasteiger partial charge in [0, 0.05) is 19.0 Å². The molecule has 4 heteroatoms. The van der Waals surface area contributed by atoms with Gasteiger partial charge >= 0.3 is 0 Å². The van der Waals surface area contributed by atoms with E-state index in [0.29, 0.717) is 18.0 Å². The lowest BCUT2D eigenvalue weighted by Gasteiger charge is -2.15. The molecule has 0 radical (unpaired) electrons. The van der Waals surface area contributed by atoms with Crippen LogP contribution in [0.2, 0.25) is 0 Å². The fourth-order valence-corrected chi connectivity index (χ4v) is 1.98. The molecule has 0 spiro atoms. The van der Waals surface area contributed by atoms with Crippen molar-refractivity contribution in [1.82, 2.24) is 0 Å². The Balaban J connectivity index is 2.38. The summed E-state index contributed by atoms with van der Waals surface area (Å²) < 4.78 is 5.97. The number of carbonyl (C=O) groups excluding carboxylic acids is 1. The standard InChI is InChI=1S/C16H18N2O2/c1-11-6-5-7-13(10-17)16(11)20-15-9-4-3-8-14(15)18-12(2)19/h3-9H,10,17H2,1-2H3,(H,18,19). The highest BCUT2D eigenvalue weighted by Crippen LogP contribution is 2.33. The second-order valence-corrected chi connectivity index (χ2v) is 4.55. The molecule has 2 aromatic carbocycles. The van der Waals surface area contributed by atoms with Crippen molar-refractivity contribution in [1.29, 1.82) is 0 Å². The topological polar surface area (TPSA) is 64.3 Å². The molecule has 2 aromatic rings. The first-order chi connectivity index (χ1) is 9.61. The Kier molecular flexibility index (Phi) is 4.38. The average molecular weight is 270 g/mol. The van der Waals surface area contributed by atoms with Crippen LogP contribution in [0.4, 0.5) is 5.69 Å². The van der Waals surface area contributed by atoms with Crippen LogP contribution in [0.3, 0.4) is 0 Å². The zero-order valence-corrected chi connectivity index (χ0v) is 11.6. The monoisotopic (exact) mass is 270 g/mol. The van der Waals surface area contributed by atoms with E-state index in [9.17, 15) is 4.79 Å². The van der Waals surface area contributed by atoms with E-state index in [1.807, 2.05) is 43.3 Å². The van der Waals surface area contributed by atoms with Crippen molar-refractivity contribution in [3.63, 3.8) is 0 Å². The maximum Gasteiger partial charge on any atom is 0.221 e.